The van der Waals surface area contributed by atoms with Crippen LogP contribution in [-0.2, 0) is 17.3 Å². The van der Waals surface area contributed by atoms with Gasteiger partial charge in [-0.3, -0.25) is 0 Å². The van der Waals surface area contributed by atoms with Crippen molar-refractivity contribution in [2.45, 2.75) is 17.3 Å². The summed E-state index contributed by atoms with van der Waals surface area (Å²) >= 11 is 3.73. The minimum absolute atomic E-state index is 0.145. The monoisotopic (exact) mass is 1220 g/mol. The Morgan fingerprint density at radius 1 is 0.286 bits per heavy atom. The minimum atomic E-state index is -0.293. The highest BCUT2D eigenvalue weighted by molar-refractivity contribution is 9.10. The third-order valence-corrected chi connectivity index (χ3v) is 21.2. The van der Waals surface area contributed by atoms with Crippen LogP contribution >= 0.6 is 15.9 Å². The number of hydrogen-bond donors (Lipinski definition) is 1. The number of furan rings is 1. The third kappa shape index (κ3) is 6.87. The number of fused-ring (bicyclic) bond motifs is 16. The molecule has 1 N–H and O–H groups in total. The van der Waals surface area contributed by atoms with Gasteiger partial charge in [0.05, 0.1) is 10.8 Å². The van der Waals surface area contributed by atoms with Crippen LogP contribution in [0.25, 0.3) is 99.8 Å². The summed E-state index contributed by atoms with van der Waals surface area (Å²) in [4.78, 5) is 2.45. The summed E-state index contributed by atoms with van der Waals surface area (Å²) in [5.41, 5.74) is 40.8. The summed E-state index contributed by atoms with van der Waals surface area (Å²) in [6, 6.07) is 111. The molecule has 1 aromatic heterocycles. The molecule has 14 aromatic carbocycles. The number of nitrogens with one attached hydrogen (secondary N) is 1. The van der Waals surface area contributed by atoms with E-state index in [9.17, 15) is 0 Å². The molecular weight excluding hydrogens is 1170 g/mol. The van der Waals surface area contributed by atoms with E-state index >= 15 is 0 Å². The van der Waals surface area contributed by atoms with Crippen LogP contribution in [0.15, 0.2) is 312 Å². The van der Waals surface area contributed by atoms with Crippen molar-refractivity contribution in [3.8, 4) is 77.9 Å². The van der Waals surface area contributed by atoms with Crippen molar-refractivity contribution in [2.24, 2.45) is 0 Å². The van der Waals surface area contributed by atoms with Gasteiger partial charge >= 0.3 is 0 Å². The molecule has 424 valence electrons. The molecule has 0 fully saturated rings. The lowest BCUT2D eigenvalue weighted by Crippen LogP contribution is -2.23. The van der Waals surface area contributed by atoms with Crippen LogP contribution in [0.5, 0.6) is 0 Å². The summed E-state index contributed by atoms with van der Waals surface area (Å²) in [7, 11) is 0. The molecule has 2 spiro atoms. The Labute approximate surface area is 536 Å². The molecule has 2 unspecified atom stereocenters. The fourth-order valence-electron chi connectivity index (χ4n) is 17.4. The van der Waals surface area contributed by atoms with Gasteiger partial charge in [-0.1, -0.05) is 234 Å². The second-order valence-corrected chi connectivity index (χ2v) is 26.0. The maximum atomic E-state index is 5.83. The minimum Gasteiger partial charge on any atom is -0.456 e. The molecular formula is C87H53BrN2O. The van der Waals surface area contributed by atoms with Gasteiger partial charge in [-0.05, 0) is 225 Å². The number of rotatable bonds is 5. The summed E-state index contributed by atoms with van der Waals surface area (Å²) in [5, 5.41) is 5.70. The van der Waals surface area contributed by atoms with Crippen LogP contribution in [0.3, 0.4) is 0 Å². The first-order valence-corrected chi connectivity index (χ1v) is 32.3. The summed E-state index contributed by atoms with van der Waals surface area (Å²) in [5.74, 6) is 0. The molecule has 0 radical (unpaired) electrons. The average Bonchev–Trinajstić information content (AvgIpc) is 1.49. The van der Waals surface area contributed by atoms with Gasteiger partial charge in [0, 0.05) is 43.7 Å². The first-order chi connectivity index (χ1) is 45.0. The number of halogens is 1. The Hall–Kier alpha value is -11.0. The normalized spacial score (nSPS) is 16.0. The molecule has 2 atom stereocenters. The standard InChI is InChI=1S/C44H27N.C25H13Br.C18H13NO/c1-2-11-29(12-3-1)45(30-21-20-28-24-27-10-4-5-13-32(27)39(28)25-30)31-22-23-34-36-16-9-18-38-37-17-8-15-35-33-14-6-7-19-40(33)44(42(35)37,43(36)38)41(34)26-31;26-14-11-12-16-18-7-4-9-20-19-8-3-6-17-15-5-1-2-10-21(15)25(23(17)19,24(18)20)22(16)13-14;1-2-6-13(7-3-1)19-14-10-11-18-16(12-14)15-8-4-5-9-17(15)20-18/h1-23,25-26H,24H2;1-13H;1-12,19H. The molecule has 91 heavy (non-hydrogen) atoms. The Morgan fingerprint density at radius 2 is 0.736 bits per heavy atom. The fraction of sp³-hybridized carbons (Fsp3) is 0.0345. The highest BCUT2D eigenvalue weighted by Crippen LogP contribution is 2.72. The number of anilines is 5. The van der Waals surface area contributed by atoms with Gasteiger partial charge in [0.15, 0.2) is 0 Å². The van der Waals surface area contributed by atoms with E-state index in [0.717, 1.165) is 49.9 Å². The molecule has 7 aliphatic carbocycles. The van der Waals surface area contributed by atoms with Crippen LogP contribution < -0.4 is 10.2 Å². The van der Waals surface area contributed by atoms with E-state index in [0.29, 0.717) is 0 Å². The number of para-hydroxylation sites is 3. The topological polar surface area (TPSA) is 28.4 Å². The maximum Gasteiger partial charge on any atom is 0.135 e. The van der Waals surface area contributed by atoms with E-state index < -0.39 is 0 Å². The molecule has 0 aliphatic heterocycles. The number of nitrogens with zero attached hydrogens (tertiary/aromatic N) is 1. The first kappa shape index (κ1) is 50.9. The molecule has 1 heterocycles. The van der Waals surface area contributed by atoms with Crippen molar-refractivity contribution >= 4 is 66.3 Å². The summed E-state index contributed by atoms with van der Waals surface area (Å²) in [6.07, 6.45) is 1.00. The van der Waals surface area contributed by atoms with Gasteiger partial charge in [0.2, 0.25) is 0 Å². The maximum absolute atomic E-state index is 5.83. The van der Waals surface area contributed by atoms with Crippen molar-refractivity contribution in [3.05, 3.63) is 363 Å². The summed E-state index contributed by atoms with van der Waals surface area (Å²) < 4.78 is 6.98. The summed E-state index contributed by atoms with van der Waals surface area (Å²) in [6.45, 7) is 0. The number of benzene rings is 14. The highest BCUT2D eigenvalue weighted by Gasteiger charge is 2.59. The van der Waals surface area contributed by atoms with Crippen molar-refractivity contribution in [1.29, 1.82) is 0 Å². The van der Waals surface area contributed by atoms with Crippen LogP contribution in [-0.4, -0.2) is 0 Å². The number of hydrogen-bond acceptors (Lipinski definition) is 3. The van der Waals surface area contributed by atoms with Gasteiger partial charge in [-0.2, -0.15) is 0 Å². The van der Waals surface area contributed by atoms with Crippen molar-refractivity contribution in [1.82, 2.24) is 0 Å². The highest BCUT2D eigenvalue weighted by atomic mass is 79.9. The molecule has 3 nitrogen and oxygen atoms in total. The van der Waals surface area contributed by atoms with E-state index in [1.165, 1.54) is 145 Å². The molecule has 7 aliphatic rings. The molecule has 0 saturated heterocycles. The van der Waals surface area contributed by atoms with E-state index in [1.54, 1.807) is 0 Å². The van der Waals surface area contributed by atoms with Crippen molar-refractivity contribution in [3.63, 3.8) is 0 Å². The average molecular weight is 1220 g/mol. The second-order valence-electron chi connectivity index (χ2n) is 25.1. The van der Waals surface area contributed by atoms with Crippen molar-refractivity contribution in [2.75, 3.05) is 10.2 Å². The van der Waals surface area contributed by atoms with Crippen LogP contribution in [0.1, 0.15) is 55.6 Å². The lowest BCUT2D eigenvalue weighted by molar-refractivity contribution is 0.669. The largest absolute Gasteiger partial charge is 0.456 e. The Bertz CT molecular complexity index is 5570. The smallest absolute Gasteiger partial charge is 0.135 e. The fourth-order valence-corrected chi connectivity index (χ4v) is 17.7. The Kier molecular flexibility index (Phi) is 10.6. The van der Waals surface area contributed by atoms with Gasteiger partial charge in [-0.15, -0.1) is 0 Å². The van der Waals surface area contributed by atoms with E-state index in [2.05, 4.69) is 281 Å². The van der Waals surface area contributed by atoms with Gasteiger partial charge < -0.3 is 14.6 Å². The molecule has 4 heteroatoms. The molecule has 0 amide bonds. The van der Waals surface area contributed by atoms with E-state index in [-0.39, 0.29) is 10.8 Å². The van der Waals surface area contributed by atoms with E-state index in [1.807, 2.05) is 48.5 Å². The second kappa shape index (κ2) is 19.0. The quantitative estimate of drug-likeness (QED) is 0.186. The zero-order valence-electron chi connectivity index (χ0n) is 49.3. The predicted molar refractivity (Wildman–Crippen MR) is 378 cm³/mol. The van der Waals surface area contributed by atoms with Crippen LogP contribution in [0.2, 0.25) is 0 Å². The lowest BCUT2D eigenvalue weighted by atomic mass is 9.73. The van der Waals surface area contributed by atoms with Gasteiger partial charge in [0.25, 0.3) is 0 Å². The SMILES string of the molecule is Brc1ccc2c(c1)C13c4ccccc4-c4cccc(c41)-c1cccc-2c13.c1ccc(N(c2ccc3c(c2)-c2ccccc2C3)c2ccc3c(c2)C24c5ccccc5-c5cccc(c52)-c2cccc-3c24)cc1.c1ccc(Nc2ccc3oc4ccccc4c3c2)cc1. The molecule has 0 bridgehead atoms. The molecule has 15 aromatic rings. The molecule has 0 saturated carbocycles. The van der Waals surface area contributed by atoms with Crippen LogP contribution in [0.4, 0.5) is 28.4 Å². The predicted octanol–water partition coefficient (Wildman–Crippen LogP) is 23.2. The van der Waals surface area contributed by atoms with Crippen LogP contribution in [0, 0.1) is 0 Å². The Balaban J connectivity index is 0.000000105. The van der Waals surface area contributed by atoms with Gasteiger partial charge in [-0.25, -0.2) is 0 Å². The zero-order chi connectivity index (χ0) is 59.7. The zero-order valence-corrected chi connectivity index (χ0v) is 50.9. The Morgan fingerprint density at radius 3 is 1.36 bits per heavy atom. The third-order valence-electron chi connectivity index (χ3n) is 20.7. The first-order valence-electron chi connectivity index (χ1n) is 31.5. The lowest BCUT2D eigenvalue weighted by Gasteiger charge is -2.30. The van der Waals surface area contributed by atoms with Crippen molar-refractivity contribution < 1.29 is 4.42 Å². The van der Waals surface area contributed by atoms with E-state index in [4.69, 9.17) is 4.42 Å². The van der Waals surface area contributed by atoms with Gasteiger partial charge in [0.1, 0.15) is 11.2 Å². The molecule has 22 rings (SSSR count).